The lowest BCUT2D eigenvalue weighted by molar-refractivity contribution is 0.103. The number of carbonyl (C=O) groups excluding carboxylic acids is 1. The van der Waals surface area contributed by atoms with Gasteiger partial charge >= 0.3 is 0 Å². The summed E-state index contributed by atoms with van der Waals surface area (Å²) < 4.78 is 10.6. The van der Waals surface area contributed by atoms with Gasteiger partial charge in [0.2, 0.25) is 5.95 Å². The van der Waals surface area contributed by atoms with Crippen LogP contribution in [0.1, 0.15) is 21.7 Å². The molecule has 3 aromatic rings. The molecule has 4 rings (SSSR count). The van der Waals surface area contributed by atoms with Crippen LogP contribution >= 0.6 is 11.6 Å². The molecule has 1 aliphatic heterocycles. The largest absolute Gasteiger partial charge is 0.493 e. The second-order valence-electron chi connectivity index (χ2n) is 6.71. The van der Waals surface area contributed by atoms with Gasteiger partial charge < -0.3 is 20.1 Å². The topological polar surface area (TPSA) is 116 Å². The third-order valence-corrected chi connectivity index (χ3v) is 5.01. The molecule has 10 heteroatoms. The van der Waals surface area contributed by atoms with Crippen LogP contribution in [0, 0.1) is 0 Å². The van der Waals surface area contributed by atoms with Crippen LogP contribution < -0.4 is 20.1 Å². The normalized spacial score (nSPS) is 14.5. The summed E-state index contributed by atoms with van der Waals surface area (Å²) in [6.07, 6.45) is 4.97. The molecule has 0 saturated carbocycles. The van der Waals surface area contributed by atoms with Gasteiger partial charge in [-0.3, -0.25) is 14.8 Å². The summed E-state index contributed by atoms with van der Waals surface area (Å²) in [5.74, 6) is 1.15. The number of pyridine rings is 2. The van der Waals surface area contributed by atoms with Crippen LogP contribution in [0.25, 0.3) is 6.08 Å². The highest BCUT2D eigenvalue weighted by Crippen LogP contribution is 2.35. The van der Waals surface area contributed by atoms with Gasteiger partial charge in [-0.2, -0.15) is 4.98 Å². The predicted molar refractivity (Wildman–Crippen MR) is 116 cm³/mol. The second kappa shape index (κ2) is 8.57. The van der Waals surface area contributed by atoms with E-state index in [1.54, 1.807) is 38.8 Å². The number of ketones is 1. The highest BCUT2D eigenvalue weighted by molar-refractivity contribution is 6.35. The Labute approximate surface area is 183 Å². The molecule has 4 heterocycles. The number of fused-ring (bicyclic) bond motifs is 1. The van der Waals surface area contributed by atoms with Gasteiger partial charge in [-0.25, -0.2) is 4.98 Å². The number of ether oxygens (including phenoxy) is 2. The van der Waals surface area contributed by atoms with E-state index < -0.39 is 0 Å². The van der Waals surface area contributed by atoms with Gasteiger partial charge in [0.15, 0.2) is 17.3 Å². The van der Waals surface area contributed by atoms with Crippen molar-refractivity contribution in [3.05, 3.63) is 64.3 Å². The van der Waals surface area contributed by atoms with E-state index >= 15 is 0 Å². The number of hydrogen-bond acceptors (Lipinski definition) is 9. The van der Waals surface area contributed by atoms with Crippen LogP contribution in [-0.4, -0.2) is 46.5 Å². The third-order valence-electron chi connectivity index (χ3n) is 4.73. The van der Waals surface area contributed by atoms with Crippen LogP contribution in [0.4, 0.5) is 11.8 Å². The standard InChI is InChI=1S/C21H19ClN6O3/c1-30-15-8-14(25-9-16(15)31-2)11-28-10-12(7-13-5-3-4-6-24-13)18(29)17-19(22)26-21(23)27-20(17)28/h3-9H,10-11H2,1-2H3,(H2,23,26,27)/b12-7+. The maximum Gasteiger partial charge on any atom is 0.223 e. The van der Waals surface area contributed by atoms with E-state index in [9.17, 15) is 4.79 Å². The summed E-state index contributed by atoms with van der Waals surface area (Å²) in [7, 11) is 3.10. The van der Waals surface area contributed by atoms with Crippen molar-refractivity contribution in [3.63, 3.8) is 0 Å². The fraction of sp³-hybridized carbons (Fsp3) is 0.190. The molecule has 3 aromatic heterocycles. The SMILES string of the molecule is COc1cnc(CN2C/C(=C\c3ccccn3)C(=O)c3c(Cl)nc(N)nc32)cc1OC. The summed E-state index contributed by atoms with van der Waals surface area (Å²) in [6.45, 7) is 0.595. The lowest BCUT2D eigenvalue weighted by Gasteiger charge is -2.31. The van der Waals surface area contributed by atoms with Crippen molar-refractivity contribution in [2.45, 2.75) is 6.54 Å². The molecule has 0 fully saturated rings. The van der Waals surface area contributed by atoms with Gasteiger partial charge in [-0.1, -0.05) is 17.7 Å². The predicted octanol–water partition coefficient (Wildman–Crippen LogP) is 2.81. The number of rotatable bonds is 5. The Bertz CT molecular complexity index is 1170. The Morgan fingerprint density at radius 3 is 2.71 bits per heavy atom. The zero-order valence-electron chi connectivity index (χ0n) is 16.9. The number of carbonyl (C=O) groups is 1. The van der Waals surface area contributed by atoms with E-state index in [2.05, 4.69) is 19.9 Å². The Balaban J connectivity index is 1.77. The molecular formula is C21H19ClN6O3. The minimum Gasteiger partial charge on any atom is -0.493 e. The van der Waals surface area contributed by atoms with E-state index in [-0.39, 0.29) is 29.0 Å². The van der Waals surface area contributed by atoms with Crippen LogP contribution in [-0.2, 0) is 6.54 Å². The van der Waals surface area contributed by atoms with Gasteiger partial charge in [0, 0.05) is 24.4 Å². The molecule has 1 aliphatic rings. The van der Waals surface area contributed by atoms with Crippen molar-refractivity contribution in [1.82, 2.24) is 19.9 Å². The van der Waals surface area contributed by atoms with Crippen molar-refractivity contribution in [2.75, 3.05) is 31.4 Å². The first kappa shape index (κ1) is 20.5. The highest BCUT2D eigenvalue weighted by atomic mass is 35.5. The monoisotopic (exact) mass is 438 g/mol. The van der Waals surface area contributed by atoms with E-state index in [0.717, 1.165) is 0 Å². The van der Waals surface area contributed by atoms with Gasteiger partial charge in [-0.15, -0.1) is 0 Å². The summed E-state index contributed by atoms with van der Waals surface area (Å²) >= 11 is 6.29. The number of nitrogens with two attached hydrogens (primary N) is 1. The van der Waals surface area contributed by atoms with E-state index in [0.29, 0.717) is 40.8 Å². The average Bonchev–Trinajstić information content (AvgIpc) is 2.77. The molecule has 0 bridgehead atoms. The summed E-state index contributed by atoms with van der Waals surface area (Å²) in [4.78, 5) is 32.0. The van der Waals surface area contributed by atoms with Gasteiger partial charge in [0.25, 0.3) is 0 Å². The van der Waals surface area contributed by atoms with Crippen molar-refractivity contribution in [2.24, 2.45) is 0 Å². The summed E-state index contributed by atoms with van der Waals surface area (Å²) in [6, 6.07) is 7.24. The summed E-state index contributed by atoms with van der Waals surface area (Å²) in [5.41, 5.74) is 7.85. The zero-order chi connectivity index (χ0) is 22.0. The first-order valence-electron chi connectivity index (χ1n) is 9.31. The first-order chi connectivity index (χ1) is 15.0. The minimum absolute atomic E-state index is 0.00407. The molecular weight excluding hydrogens is 420 g/mol. The van der Waals surface area contributed by atoms with Crippen LogP contribution in [0.3, 0.4) is 0 Å². The Kier molecular flexibility index (Phi) is 5.68. The smallest absolute Gasteiger partial charge is 0.223 e. The first-order valence-corrected chi connectivity index (χ1v) is 9.69. The molecule has 31 heavy (non-hydrogen) atoms. The van der Waals surface area contributed by atoms with Gasteiger partial charge in [0.1, 0.15) is 16.5 Å². The molecule has 0 spiro atoms. The molecule has 9 nitrogen and oxygen atoms in total. The highest BCUT2D eigenvalue weighted by Gasteiger charge is 2.32. The lowest BCUT2D eigenvalue weighted by Crippen LogP contribution is -2.35. The van der Waals surface area contributed by atoms with E-state index in [1.165, 1.54) is 0 Å². The molecule has 158 valence electrons. The van der Waals surface area contributed by atoms with Crippen LogP contribution in [0.2, 0.25) is 5.15 Å². The maximum absolute atomic E-state index is 13.2. The van der Waals surface area contributed by atoms with Crippen molar-refractivity contribution >= 4 is 35.2 Å². The Morgan fingerprint density at radius 2 is 2.00 bits per heavy atom. The number of methoxy groups -OCH3 is 2. The Hall–Kier alpha value is -3.72. The second-order valence-corrected chi connectivity index (χ2v) is 7.07. The van der Waals surface area contributed by atoms with Crippen molar-refractivity contribution in [1.29, 1.82) is 0 Å². The molecule has 0 aliphatic carbocycles. The molecule has 0 unspecified atom stereocenters. The lowest BCUT2D eigenvalue weighted by atomic mass is 9.98. The Morgan fingerprint density at radius 1 is 1.19 bits per heavy atom. The van der Waals surface area contributed by atoms with Gasteiger partial charge in [-0.05, 0) is 18.2 Å². The quantitative estimate of drug-likeness (QED) is 0.474. The third kappa shape index (κ3) is 4.13. The van der Waals surface area contributed by atoms with E-state index in [1.807, 2.05) is 23.1 Å². The minimum atomic E-state index is -0.262. The number of aromatic nitrogens is 4. The zero-order valence-corrected chi connectivity index (χ0v) is 17.6. The molecule has 0 amide bonds. The number of Topliss-reactive ketones (excluding diaryl/α,β-unsaturated/α-hetero) is 1. The number of halogens is 1. The molecule has 0 radical (unpaired) electrons. The van der Waals surface area contributed by atoms with E-state index in [4.69, 9.17) is 26.8 Å². The van der Waals surface area contributed by atoms with Gasteiger partial charge in [0.05, 0.1) is 38.3 Å². The molecule has 0 saturated heterocycles. The average molecular weight is 439 g/mol. The number of hydrogen-bond donors (Lipinski definition) is 1. The van der Waals surface area contributed by atoms with Crippen molar-refractivity contribution in [3.8, 4) is 11.5 Å². The number of nitrogens with zero attached hydrogens (tertiary/aromatic N) is 5. The molecule has 0 atom stereocenters. The van der Waals surface area contributed by atoms with Crippen LogP contribution in [0.5, 0.6) is 11.5 Å². The van der Waals surface area contributed by atoms with Crippen molar-refractivity contribution < 1.29 is 14.3 Å². The molecule has 2 N–H and O–H groups in total. The molecule has 0 aromatic carbocycles. The number of anilines is 2. The fourth-order valence-electron chi connectivity index (χ4n) is 3.32. The maximum atomic E-state index is 13.2. The van der Waals surface area contributed by atoms with Crippen LogP contribution in [0.15, 0.2) is 42.2 Å². The summed E-state index contributed by atoms with van der Waals surface area (Å²) in [5, 5.41) is 0.00407. The number of nitrogen functional groups attached to an aromatic ring is 1. The fourth-order valence-corrected chi connectivity index (χ4v) is 3.57.